The van der Waals surface area contributed by atoms with Crippen molar-refractivity contribution in [3.63, 3.8) is 0 Å². The fraction of sp³-hybridized carbons (Fsp3) is 0.600. The molecule has 0 rings (SSSR count). The lowest BCUT2D eigenvalue weighted by Gasteiger charge is -2.12. The monoisotopic (exact) mass is 200 g/mol. The fourth-order valence-electron chi connectivity index (χ4n) is 0.831. The minimum absolute atomic E-state index is 0.133. The molecule has 0 aliphatic heterocycles. The minimum atomic E-state index is -1.10. The molecule has 2 N–H and O–H groups in total. The maximum Gasteiger partial charge on any atom is 0.310 e. The van der Waals surface area contributed by atoms with Gasteiger partial charge in [0.25, 0.3) is 0 Å². The summed E-state index contributed by atoms with van der Waals surface area (Å²) in [6.07, 6.45) is 2.78. The third-order valence-corrected chi connectivity index (χ3v) is 1.54. The van der Waals surface area contributed by atoms with Crippen molar-refractivity contribution in [2.75, 3.05) is 0 Å². The SMILES string of the molecule is CC(C)(C)C=CC(CC(=O)O)C(=O)O. The van der Waals surface area contributed by atoms with Gasteiger partial charge in [-0.15, -0.1) is 0 Å². The fourth-order valence-corrected chi connectivity index (χ4v) is 0.831. The first-order valence-electron chi connectivity index (χ1n) is 4.36. The van der Waals surface area contributed by atoms with Gasteiger partial charge in [0.1, 0.15) is 0 Å². The van der Waals surface area contributed by atoms with Crippen molar-refractivity contribution in [2.45, 2.75) is 27.2 Å². The Morgan fingerprint density at radius 3 is 2.07 bits per heavy atom. The number of hydrogen-bond donors (Lipinski definition) is 2. The van der Waals surface area contributed by atoms with Crippen molar-refractivity contribution in [2.24, 2.45) is 11.3 Å². The second-order valence-electron chi connectivity index (χ2n) is 4.27. The average molecular weight is 200 g/mol. The Labute approximate surface area is 83.2 Å². The summed E-state index contributed by atoms with van der Waals surface area (Å²) in [6.45, 7) is 5.76. The molecule has 0 bridgehead atoms. The van der Waals surface area contributed by atoms with Gasteiger partial charge in [-0.2, -0.15) is 0 Å². The van der Waals surface area contributed by atoms with E-state index in [9.17, 15) is 9.59 Å². The van der Waals surface area contributed by atoms with Crippen LogP contribution < -0.4 is 0 Å². The first kappa shape index (κ1) is 12.7. The van der Waals surface area contributed by atoms with Crippen molar-refractivity contribution < 1.29 is 19.8 Å². The maximum atomic E-state index is 10.6. The Kier molecular flexibility index (Phi) is 4.34. The molecule has 4 nitrogen and oxygen atoms in total. The molecule has 80 valence electrons. The quantitative estimate of drug-likeness (QED) is 0.678. The van der Waals surface area contributed by atoms with Gasteiger partial charge in [-0.3, -0.25) is 9.59 Å². The molecule has 0 saturated carbocycles. The molecule has 0 amide bonds. The van der Waals surface area contributed by atoms with Crippen molar-refractivity contribution >= 4 is 11.9 Å². The third-order valence-electron chi connectivity index (χ3n) is 1.54. The van der Waals surface area contributed by atoms with Gasteiger partial charge in [0.2, 0.25) is 0 Å². The van der Waals surface area contributed by atoms with Crippen molar-refractivity contribution in [1.82, 2.24) is 0 Å². The van der Waals surface area contributed by atoms with Crippen LogP contribution in [0.4, 0.5) is 0 Å². The van der Waals surface area contributed by atoms with Gasteiger partial charge in [0.15, 0.2) is 0 Å². The molecule has 0 heterocycles. The van der Waals surface area contributed by atoms with E-state index >= 15 is 0 Å². The normalized spacial score (nSPS) is 14.2. The minimum Gasteiger partial charge on any atom is -0.481 e. The van der Waals surface area contributed by atoms with E-state index in [1.807, 2.05) is 20.8 Å². The molecule has 0 aliphatic rings. The van der Waals surface area contributed by atoms with Crippen molar-refractivity contribution in [3.05, 3.63) is 12.2 Å². The highest BCUT2D eigenvalue weighted by atomic mass is 16.4. The first-order valence-corrected chi connectivity index (χ1v) is 4.36. The lowest BCUT2D eigenvalue weighted by molar-refractivity contribution is -0.146. The third kappa shape index (κ3) is 6.22. The summed E-state index contributed by atoms with van der Waals surface area (Å²) in [6, 6.07) is 0. The zero-order valence-electron chi connectivity index (χ0n) is 8.65. The van der Waals surface area contributed by atoms with Crippen LogP contribution >= 0.6 is 0 Å². The van der Waals surface area contributed by atoms with Gasteiger partial charge in [-0.1, -0.05) is 32.9 Å². The average Bonchev–Trinajstić information content (AvgIpc) is 1.94. The van der Waals surface area contributed by atoms with E-state index in [2.05, 4.69) is 0 Å². The molecule has 0 aromatic carbocycles. The maximum absolute atomic E-state index is 10.6. The molecule has 0 aromatic heterocycles. The van der Waals surface area contributed by atoms with Crippen LogP contribution in [0.5, 0.6) is 0 Å². The topological polar surface area (TPSA) is 74.6 Å². The number of allylic oxidation sites excluding steroid dienone is 1. The summed E-state index contributed by atoms with van der Waals surface area (Å²) >= 11 is 0. The molecule has 0 spiro atoms. The van der Waals surface area contributed by atoms with Crippen molar-refractivity contribution in [1.29, 1.82) is 0 Å². The summed E-state index contributed by atoms with van der Waals surface area (Å²) in [5.41, 5.74) is -0.133. The summed E-state index contributed by atoms with van der Waals surface area (Å²) in [5.74, 6) is -3.14. The number of carboxylic acids is 2. The van der Waals surface area contributed by atoms with E-state index in [1.165, 1.54) is 6.08 Å². The van der Waals surface area contributed by atoms with Gasteiger partial charge >= 0.3 is 11.9 Å². The van der Waals surface area contributed by atoms with E-state index in [1.54, 1.807) is 6.08 Å². The molecular weight excluding hydrogens is 184 g/mol. The first-order chi connectivity index (χ1) is 6.22. The predicted octanol–water partition coefficient (Wildman–Crippen LogP) is 1.76. The largest absolute Gasteiger partial charge is 0.481 e. The van der Waals surface area contributed by atoms with E-state index in [4.69, 9.17) is 10.2 Å². The van der Waals surface area contributed by atoms with Crippen LogP contribution in [0.2, 0.25) is 0 Å². The predicted molar refractivity (Wildman–Crippen MR) is 52.0 cm³/mol. The number of rotatable bonds is 4. The van der Waals surface area contributed by atoms with E-state index < -0.39 is 17.9 Å². The second-order valence-corrected chi connectivity index (χ2v) is 4.27. The molecule has 0 aromatic rings. The molecule has 4 heteroatoms. The molecule has 1 unspecified atom stereocenters. The molecule has 1 atom stereocenters. The van der Waals surface area contributed by atoms with E-state index in [0.717, 1.165) is 0 Å². The summed E-state index contributed by atoms with van der Waals surface area (Å²) in [5, 5.41) is 17.2. The zero-order chi connectivity index (χ0) is 11.4. The van der Waals surface area contributed by atoms with Crippen LogP contribution in [0.25, 0.3) is 0 Å². The Hall–Kier alpha value is -1.32. The highest BCUT2D eigenvalue weighted by Gasteiger charge is 2.18. The Morgan fingerprint density at radius 2 is 1.79 bits per heavy atom. The lowest BCUT2D eigenvalue weighted by Crippen LogP contribution is -2.16. The number of carbonyl (C=O) groups is 2. The van der Waals surface area contributed by atoms with Gasteiger partial charge in [0.05, 0.1) is 12.3 Å². The summed E-state index contributed by atoms with van der Waals surface area (Å²) < 4.78 is 0. The van der Waals surface area contributed by atoms with Crippen LogP contribution in [0, 0.1) is 11.3 Å². The molecule has 0 radical (unpaired) electrons. The Bertz CT molecular complexity index is 247. The van der Waals surface area contributed by atoms with Crippen LogP contribution in [0.15, 0.2) is 12.2 Å². The summed E-state index contributed by atoms with van der Waals surface area (Å²) in [7, 11) is 0. The van der Waals surface area contributed by atoms with Crippen molar-refractivity contribution in [3.8, 4) is 0 Å². The highest BCUT2D eigenvalue weighted by Crippen LogP contribution is 2.17. The molecule has 0 fully saturated rings. The smallest absolute Gasteiger partial charge is 0.310 e. The van der Waals surface area contributed by atoms with Gasteiger partial charge in [0, 0.05) is 0 Å². The highest BCUT2D eigenvalue weighted by molar-refractivity contribution is 5.79. The Balaban J connectivity index is 4.46. The van der Waals surface area contributed by atoms with Gasteiger partial charge < -0.3 is 10.2 Å². The van der Waals surface area contributed by atoms with Crippen LogP contribution in [0.3, 0.4) is 0 Å². The number of hydrogen-bond acceptors (Lipinski definition) is 2. The van der Waals surface area contributed by atoms with Crippen LogP contribution in [0.1, 0.15) is 27.2 Å². The second kappa shape index (κ2) is 4.79. The molecule has 0 saturated heterocycles. The van der Waals surface area contributed by atoms with Gasteiger partial charge in [-0.05, 0) is 5.41 Å². The van der Waals surface area contributed by atoms with E-state index in [0.29, 0.717) is 0 Å². The number of carboxylic acid groups (broad SMARTS) is 2. The van der Waals surface area contributed by atoms with Crippen LogP contribution in [-0.4, -0.2) is 22.2 Å². The molecule has 14 heavy (non-hydrogen) atoms. The zero-order valence-corrected chi connectivity index (χ0v) is 8.65. The van der Waals surface area contributed by atoms with Gasteiger partial charge in [-0.25, -0.2) is 0 Å². The standard InChI is InChI=1S/C10H16O4/c1-10(2,3)5-4-7(9(13)14)6-8(11)12/h4-5,7H,6H2,1-3H3,(H,11,12)(H,13,14). The van der Waals surface area contributed by atoms with E-state index in [-0.39, 0.29) is 11.8 Å². The summed E-state index contributed by atoms with van der Waals surface area (Å²) in [4.78, 5) is 21.0. The number of aliphatic carboxylic acids is 2. The van der Waals surface area contributed by atoms with Crippen LogP contribution in [-0.2, 0) is 9.59 Å². The molecule has 0 aliphatic carbocycles. The molecular formula is C10H16O4. The Morgan fingerprint density at radius 1 is 1.29 bits per heavy atom. The lowest BCUT2D eigenvalue weighted by atomic mass is 9.93.